The molecule has 2 aromatic rings. The third-order valence-corrected chi connectivity index (χ3v) is 6.54. The minimum atomic E-state index is -0.0235. The molecule has 1 aromatic heterocycles. The highest BCUT2D eigenvalue weighted by atomic mass is 35.5. The maximum atomic E-state index is 12.9. The summed E-state index contributed by atoms with van der Waals surface area (Å²) in [4.78, 5) is 19.9. The Balaban J connectivity index is 1.30. The van der Waals surface area contributed by atoms with Crippen molar-refractivity contribution in [2.75, 3.05) is 45.8 Å². The quantitative estimate of drug-likeness (QED) is 0.748. The van der Waals surface area contributed by atoms with Crippen LogP contribution in [0.3, 0.4) is 0 Å². The standard InChI is InChI=1S/C21H29ClN6O/c1-2-25-11-13-26(14-12-25)18-7-9-27(10-8-18)21(29)20-16-28(24-23-20)15-17-5-3-4-6-19(17)22/h3-6,16,18H,2,7-15H2,1H3. The second kappa shape index (κ2) is 9.24. The molecule has 0 N–H and O–H groups in total. The molecule has 8 heteroatoms. The largest absolute Gasteiger partial charge is 0.337 e. The molecule has 0 bridgehead atoms. The molecular formula is C21H29ClN6O. The molecule has 2 saturated heterocycles. The molecule has 0 atom stereocenters. The number of likely N-dealkylation sites (N-methyl/N-ethyl adjacent to an activating group) is 1. The predicted octanol–water partition coefficient (Wildman–Crippen LogP) is 2.22. The van der Waals surface area contributed by atoms with E-state index in [1.54, 1.807) is 10.9 Å². The van der Waals surface area contributed by atoms with Crippen molar-refractivity contribution >= 4 is 17.5 Å². The highest BCUT2D eigenvalue weighted by molar-refractivity contribution is 6.31. The number of carbonyl (C=O) groups excluding carboxylic acids is 1. The molecule has 0 spiro atoms. The average Bonchev–Trinajstić information content (AvgIpc) is 3.24. The molecule has 29 heavy (non-hydrogen) atoms. The van der Waals surface area contributed by atoms with E-state index >= 15 is 0 Å². The maximum Gasteiger partial charge on any atom is 0.276 e. The van der Waals surface area contributed by atoms with Crippen LogP contribution in [0.5, 0.6) is 0 Å². The van der Waals surface area contributed by atoms with Crippen molar-refractivity contribution in [2.24, 2.45) is 0 Å². The first-order valence-electron chi connectivity index (χ1n) is 10.5. The zero-order valence-electron chi connectivity index (χ0n) is 17.0. The van der Waals surface area contributed by atoms with E-state index in [1.807, 2.05) is 29.2 Å². The fourth-order valence-corrected chi connectivity index (χ4v) is 4.51. The number of carbonyl (C=O) groups is 1. The molecule has 3 heterocycles. The first kappa shape index (κ1) is 20.3. The molecule has 1 aromatic carbocycles. The van der Waals surface area contributed by atoms with E-state index in [9.17, 15) is 4.79 Å². The van der Waals surface area contributed by atoms with Crippen molar-refractivity contribution in [2.45, 2.75) is 32.4 Å². The maximum absolute atomic E-state index is 12.9. The van der Waals surface area contributed by atoms with E-state index < -0.39 is 0 Å². The lowest BCUT2D eigenvalue weighted by molar-refractivity contribution is 0.0486. The smallest absolute Gasteiger partial charge is 0.276 e. The van der Waals surface area contributed by atoms with Gasteiger partial charge in [0.1, 0.15) is 0 Å². The van der Waals surface area contributed by atoms with Gasteiger partial charge in [0.05, 0.1) is 12.7 Å². The van der Waals surface area contributed by atoms with Gasteiger partial charge < -0.3 is 9.80 Å². The molecule has 0 radical (unpaired) electrons. The van der Waals surface area contributed by atoms with E-state index in [0.29, 0.717) is 23.3 Å². The molecule has 2 fully saturated rings. The Morgan fingerprint density at radius 2 is 1.83 bits per heavy atom. The molecule has 156 valence electrons. The van der Waals surface area contributed by atoms with Crippen LogP contribution >= 0.6 is 11.6 Å². The van der Waals surface area contributed by atoms with Crippen molar-refractivity contribution in [3.63, 3.8) is 0 Å². The summed E-state index contributed by atoms with van der Waals surface area (Å²) < 4.78 is 1.68. The second-order valence-corrected chi connectivity index (χ2v) is 8.29. The third-order valence-electron chi connectivity index (χ3n) is 6.17. The molecule has 0 unspecified atom stereocenters. The van der Waals surface area contributed by atoms with Gasteiger partial charge in [0.2, 0.25) is 0 Å². The van der Waals surface area contributed by atoms with Crippen LogP contribution in [-0.2, 0) is 6.54 Å². The number of aromatic nitrogens is 3. The third kappa shape index (κ3) is 4.79. The highest BCUT2D eigenvalue weighted by Gasteiger charge is 2.30. The number of piperidine rings is 1. The van der Waals surface area contributed by atoms with Gasteiger partial charge in [-0.05, 0) is 31.0 Å². The molecule has 2 aliphatic heterocycles. The van der Waals surface area contributed by atoms with Gasteiger partial charge >= 0.3 is 0 Å². The van der Waals surface area contributed by atoms with Gasteiger partial charge in [0.25, 0.3) is 5.91 Å². The lowest BCUT2D eigenvalue weighted by Gasteiger charge is -2.42. The number of rotatable bonds is 5. The van der Waals surface area contributed by atoms with Crippen LogP contribution in [0.4, 0.5) is 0 Å². The van der Waals surface area contributed by atoms with Crippen LogP contribution in [0.25, 0.3) is 0 Å². The number of hydrogen-bond donors (Lipinski definition) is 0. The monoisotopic (exact) mass is 416 g/mol. The lowest BCUT2D eigenvalue weighted by atomic mass is 10.0. The van der Waals surface area contributed by atoms with Gasteiger partial charge in [0, 0.05) is 50.3 Å². The van der Waals surface area contributed by atoms with Crippen molar-refractivity contribution < 1.29 is 4.79 Å². The van der Waals surface area contributed by atoms with E-state index in [1.165, 1.54) is 0 Å². The minimum absolute atomic E-state index is 0.0235. The van der Waals surface area contributed by atoms with E-state index in [0.717, 1.165) is 64.2 Å². The number of nitrogens with zero attached hydrogens (tertiary/aromatic N) is 6. The van der Waals surface area contributed by atoms with E-state index in [4.69, 9.17) is 11.6 Å². The van der Waals surface area contributed by atoms with Gasteiger partial charge in [0.15, 0.2) is 5.69 Å². The number of amides is 1. The van der Waals surface area contributed by atoms with Crippen molar-refractivity contribution in [3.05, 3.63) is 46.7 Å². The summed E-state index contributed by atoms with van der Waals surface area (Å²) in [5.74, 6) is -0.0235. The molecule has 1 amide bonds. The molecule has 2 aliphatic rings. The normalized spacial score (nSPS) is 19.6. The minimum Gasteiger partial charge on any atom is -0.337 e. The van der Waals surface area contributed by atoms with Gasteiger partial charge in [-0.1, -0.05) is 41.9 Å². The summed E-state index contributed by atoms with van der Waals surface area (Å²) in [5.41, 5.74) is 1.37. The Morgan fingerprint density at radius 1 is 1.10 bits per heavy atom. The Hall–Kier alpha value is -1.96. The summed E-state index contributed by atoms with van der Waals surface area (Å²) >= 11 is 6.22. The second-order valence-electron chi connectivity index (χ2n) is 7.89. The first-order valence-corrected chi connectivity index (χ1v) is 10.9. The van der Waals surface area contributed by atoms with Gasteiger partial charge in [-0.25, -0.2) is 4.68 Å². The fourth-order valence-electron chi connectivity index (χ4n) is 4.32. The van der Waals surface area contributed by atoms with Crippen molar-refractivity contribution in [1.82, 2.24) is 29.7 Å². The number of likely N-dealkylation sites (tertiary alicyclic amines) is 1. The van der Waals surface area contributed by atoms with Crippen LogP contribution < -0.4 is 0 Å². The zero-order valence-corrected chi connectivity index (χ0v) is 17.8. The SMILES string of the molecule is CCN1CCN(C2CCN(C(=O)c3cn(Cc4ccccc4Cl)nn3)CC2)CC1. The van der Waals surface area contributed by atoms with Crippen LogP contribution in [0, 0.1) is 0 Å². The summed E-state index contributed by atoms with van der Waals surface area (Å²) in [6.45, 7) is 10.0. The van der Waals surface area contributed by atoms with Crippen molar-refractivity contribution in [1.29, 1.82) is 0 Å². The van der Waals surface area contributed by atoms with Gasteiger partial charge in [-0.2, -0.15) is 0 Å². The molecular weight excluding hydrogens is 388 g/mol. The number of halogens is 1. The van der Waals surface area contributed by atoms with Crippen LogP contribution in [0.2, 0.25) is 5.02 Å². The summed E-state index contributed by atoms with van der Waals surface area (Å²) in [5, 5.41) is 8.92. The van der Waals surface area contributed by atoms with Crippen LogP contribution in [0.15, 0.2) is 30.5 Å². The van der Waals surface area contributed by atoms with Gasteiger partial charge in [-0.3, -0.25) is 9.69 Å². The summed E-state index contributed by atoms with van der Waals surface area (Å²) in [6, 6.07) is 8.24. The fraction of sp³-hybridized carbons (Fsp3) is 0.571. The Kier molecular flexibility index (Phi) is 6.47. The van der Waals surface area contributed by atoms with Crippen LogP contribution in [-0.4, -0.2) is 87.5 Å². The zero-order chi connectivity index (χ0) is 20.2. The summed E-state index contributed by atoms with van der Waals surface area (Å²) in [6.07, 6.45) is 3.79. The number of hydrogen-bond acceptors (Lipinski definition) is 5. The molecule has 0 saturated carbocycles. The number of piperazine rings is 1. The Labute approximate surface area is 177 Å². The summed E-state index contributed by atoms with van der Waals surface area (Å²) in [7, 11) is 0. The molecule has 0 aliphatic carbocycles. The first-order chi connectivity index (χ1) is 14.1. The molecule has 7 nitrogen and oxygen atoms in total. The Morgan fingerprint density at radius 3 is 2.52 bits per heavy atom. The Bertz CT molecular complexity index is 824. The average molecular weight is 417 g/mol. The van der Waals surface area contributed by atoms with E-state index in [2.05, 4.69) is 27.0 Å². The molecule has 4 rings (SSSR count). The van der Waals surface area contributed by atoms with Crippen LogP contribution in [0.1, 0.15) is 35.8 Å². The number of benzene rings is 1. The lowest BCUT2D eigenvalue weighted by Crippen LogP contribution is -2.53. The van der Waals surface area contributed by atoms with Gasteiger partial charge in [-0.15, -0.1) is 5.10 Å². The highest BCUT2D eigenvalue weighted by Crippen LogP contribution is 2.20. The van der Waals surface area contributed by atoms with E-state index in [-0.39, 0.29) is 5.91 Å². The topological polar surface area (TPSA) is 57.5 Å². The predicted molar refractivity (Wildman–Crippen MR) is 113 cm³/mol. The van der Waals surface area contributed by atoms with Crippen molar-refractivity contribution in [3.8, 4) is 0 Å².